The summed E-state index contributed by atoms with van der Waals surface area (Å²) < 4.78 is 83.5. The number of halogens is 6. The Hall–Kier alpha value is -2.76. The maximum Gasteiger partial charge on any atom is 0.449 e. The number of carbonyl (C=O) groups excluding carboxylic acids is 1. The summed E-state index contributed by atoms with van der Waals surface area (Å²) in [4.78, 5) is 16.0. The summed E-state index contributed by atoms with van der Waals surface area (Å²) in [5, 5.41) is 1.83. The van der Waals surface area contributed by atoms with E-state index in [1.807, 2.05) is 0 Å². The van der Waals surface area contributed by atoms with E-state index in [2.05, 4.69) is 14.7 Å². The Labute approximate surface area is 163 Å². The van der Waals surface area contributed by atoms with E-state index < -0.39 is 47.2 Å². The van der Waals surface area contributed by atoms with Crippen molar-refractivity contribution in [3.8, 4) is 0 Å². The van der Waals surface area contributed by atoms with Crippen LogP contribution >= 0.6 is 11.3 Å². The van der Waals surface area contributed by atoms with E-state index in [9.17, 15) is 31.1 Å². The highest BCUT2D eigenvalue weighted by Gasteiger charge is 2.38. The van der Waals surface area contributed by atoms with Crippen LogP contribution in [0.3, 0.4) is 0 Å². The molecule has 156 valence electrons. The molecule has 1 amide bonds. The van der Waals surface area contributed by atoms with Crippen LogP contribution < -0.4 is 11.1 Å². The van der Waals surface area contributed by atoms with Crippen molar-refractivity contribution in [2.45, 2.75) is 32.7 Å². The normalized spacial score (nSPS) is 12.6. The van der Waals surface area contributed by atoms with Gasteiger partial charge in [0.15, 0.2) is 0 Å². The van der Waals surface area contributed by atoms with Gasteiger partial charge in [-0.3, -0.25) is 4.79 Å². The monoisotopic (exact) mass is 437 g/mol. The standard InChI is InChI=1S/C17H13F6N3O2S/c1-6-3-9(16(18,19)20)10-11(24)12(29-15(10)26-6)14(27)25-5-8-4-7(2)28-13(8)17(21,22)23/h3-4H,5,24H2,1-2H3,(H,25,27). The summed E-state index contributed by atoms with van der Waals surface area (Å²) in [5.41, 5.74) is 4.08. The second kappa shape index (κ2) is 6.94. The number of furan rings is 1. The molecule has 5 nitrogen and oxygen atoms in total. The van der Waals surface area contributed by atoms with Crippen LogP contribution in [-0.4, -0.2) is 10.9 Å². The van der Waals surface area contributed by atoms with Gasteiger partial charge in [-0.25, -0.2) is 4.98 Å². The molecule has 0 saturated carbocycles. The number of anilines is 1. The number of amides is 1. The maximum absolute atomic E-state index is 13.3. The Balaban J connectivity index is 1.94. The number of carbonyl (C=O) groups is 1. The Bertz CT molecular complexity index is 1100. The van der Waals surface area contributed by atoms with Gasteiger partial charge >= 0.3 is 12.4 Å². The first kappa shape index (κ1) is 21.0. The van der Waals surface area contributed by atoms with E-state index in [4.69, 9.17) is 5.73 Å². The first-order valence-electron chi connectivity index (χ1n) is 8.00. The van der Waals surface area contributed by atoms with Crippen LogP contribution in [-0.2, 0) is 18.9 Å². The number of aromatic nitrogens is 1. The topological polar surface area (TPSA) is 81.2 Å². The number of rotatable bonds is 3. The fraction of sp³-hybridized carbons (Fsp3) is 0.294. The van der Waals surface area contributed by atoms with Crippen molar-refractivity contribution in [2.24, 2.45) is 0 Å². The lowest BCUT2D eigenvalue weighted by atomic mass is 10.1. The first-order chi connectivity index (χ1) is 13.3. The van der Waals surface area contributed by atoms with Crippen LogP contribution in [0.2, 0.25) is 0 Å². The number of thiophene rings is 1. The highest BCUT2D eigenvalue weighted by molar-refractivity contribution is 7.21. The molecule has 0 radical (unpaired) electrons. The third-order valence-corrected chi connectivity index (χ3v) is 5.07. The first-order valence-corrected chi connectivity index (χ1v) is 8.82. The molecule has 12 heteroatoms. The second-order valence-corrected chi connectivity index (χ2v) is 7.22. The molecule has 3 aromatic rings. The molecule has 0 aliphatic carbocycles. The fourth-order valence-electron chi connectivity index (χ4n) is 2.83. The molecule has 0 spiro atoms. The van der Waals surface area contributed by atoms with Crippen molar-refractivity contribution in [3.05, 3.63) is 45.4 Å². The number of nitrogens with zero attached hydrogens (tertiary/aromatic N) is 1. The number of alkyl halides is 6. The summed E-state index contributed by atoms with van der Waals surface area (Å²) in [7, 11) is 0. The molecule has 0 aliphatic rings. The average Bonchev–Trinajstić information content (AvgIpc) is 3.11. The van der Waals surface area contributed by atoms with Gasteiger partial charge in [0.05, 0.1) is 11.3 Å². The summed E-state index contributed by atoms with van der Waals surface area (Å²) >= 11 is 0.633. The molecule has 0 aromatic carbocycles. The van der Waals surface area contributed by atoms with Gasteiger partial charge in [-0.05, 0) is 26.0 Å². The van der Waals surface area contributed by atoms with Crippen LogP contribution in [0.1, 0.15) is 38.0 Å². The van der Waals surface area contributed by atoms with Gasteiger partial charge in [-0.15, -0.1) is 11.3 Å². The van der Waals surface area contributed by atoms with Crippen LogP contribution in [0.4, 0.5) is 32.0 Å². The molecule has 29 heavy (non-hydrogen) atoms. The number of hydrogen-bond acceptors (Lipinski definition) is 5. The molecular formula is C17H13F6N3O2S. The summed E-state index contributed by atoms with van der Waals surface area (Å²) in [6.07, 6.45) is -9.47. The summed E-state index contributed by atoms with van der Waals surface area (Å²) in [6, 6.07) is 1.93. The Morgan fingerprint density at radius 1 is 1.17 bits per heavy atom. The van der Waals surface area contributed by atoms with E-state index >= 15 is 0 Å². The lowest BCUT2D eigenvalue weighted by Crippen LogP contribution is -2.23. The van der Waals surface area contributed by atoms with E-state index in [1.54, 1.807) is 0 Å². The number of nitrogens with two attached hydrogens (primary N) is 1. The van der Waals surface area contributed by atoms with Gasteiger partial charge < -0.3 is 15.5 Å². The molecule has 0 saturated heterocycles. The molecule has 0 atom stereocenters. The van der Waals surface area contributed by atoms with Gasteiger partial charge in [0, 0.05) is 23.2 Å². The van der Waals surface area contributed by atoms with Gasteiger partial charge in [0.25, 0.3) is 5.91 Å². The number of hydrogen-bond donors (Lipinski definition) is 2. The van der Waals surface area contributed by atoms with E-state index in [0.717, 1.165) is 12.1 Å². The van der Waals surface area contributed by atoms with Crippen molar-refractivity contribution >= 4 is 33.1 Å². The lowest BCUT2D eigenvalue weighted by molar-refractivity contribution is -0.154. The summed E-state index contributed by atoms with van der Waals surface area (Å²) in [5.74, 6) is -2.17. The predicted molar refractivity (Wildman–Crippen MR) is 93.4 cm³/mol. The minimum absolute atomic E-state index is 0.00237. The zero-order chi connectivity index (χ0) is 21.7. The van der Waals surface area contributed by atoms with Crippen LogP contribution in [0, 0.1) is 13.8 Å². The minimum atomic E-state index is -4.76. The molecule has 3 aromatic heterocycles. The van der Waals surface area contributed by atoms with Gasteiger partial charge in [0.2, 0.25) is 5.76 Å². The highest BCUT2D eigenvalue weighted by atomic mass is 32.1. The number of pyridine rings is 1. The Morgan fingerprint density at radius 3 is 2.41 bits per heavy atom. The molecule has 0 unspecified atom stereocenters. The third-order valence-electron chi connectivity index (χ3n) is 3.97. The van der Waals surface area contributed by atoms with Gasteiger partial charge in [-0.2, -0.15) is 26.3 Å². The highest BCUT2D eigenvalue weighted by Crippen LogP contribution is 2.42. The van der Waals surface area contributed by atoms with Crippen LogP contribution in [0.25, 0.3) is 10.2 Å². The molecule has 3 rings (SSSR count). The van der Waals surface area contributed by atoms with Gasteiger partial charge in [0.1, 0.15) is 15.5 Å². The number of nitrogens with one attached hydrogen (secondary N) is 1. The number of nitrogen functional groups attached to an aromatic ring is 1. The summed E-state index contributed by atoms with van der Waals surface area (Å²) in [6.45, 7) is 2.14. The Kier molecular flexibility index (Phi) is 5.01. The molecule has 0 fully saturated rings. The molecule has 3 heterocycles. The average molecular weight is 437 g/mol. The van der Waals surface area contributed by atoms with Crippen molar-refractivity contribution in [3.63, 3.8) is 0 Å². The zero-order valence-electron chi connectivity index (χ0n) is 14.9. The smallest absolute Gasteiger partial charge is 0.449 e. The largest absolute Gasteiger partial charge is 0.456 e. The van der Waals surface area contributed by atoms with Crippen molar-refractivity contribution in [2.75, 3.05) is 5.73 Å². The predicted octanol–water partition coefficient (Wildman–Crippen LogP) is 5.06. The van der Waals surface area contributed by atoms with E-state index in [0.29, 0.717) is 11.3 Å². The molecule has 0 aliphatic heterocycles. The number of fused-ring (bicyclic) bond motifs is 1. The lowest BCUT2D eigenvalue weighted by Gasteiger charge is -2.10. The maximum atomic E-state index is 13.3. The van der Waals surface area contributed by atoms with Crippen molar-refractivity contribution in [1.29, 1.82) is 0 Å². The van der Waals surface area contributed by atoms with Crippen molar-refractivity contribution < 1.29 is 35.6 Å². The van der Waals surface area contributed by atoms with Crippen LogP contribution in [0.5, 0.6) is 0 Å². The third kappa shape index (κ3) is 4.02. The van der Waals surface area contributed by atoms with Crippen molar-refractivity contribution in [1.82, 2.24) is 10.3 Å². The van der Waals surface area contributed by atoms with E-state index in [1.165, 1.54) is 13.8 Å². The zero-order valence-corrected chi connectivity index (χ0v) is 15.7. The van der Waals surface area contributed by atoms with E-state index in [-0.39, 0.29) is 26.7 Å². The minimum Gasteiger partial charge on any atom is -0.456 e. The SMILES string of the molecule is Cc1cc(C(F)(F)F)c2c(N)c(C(=O)NCc3cc(C)oc3C(F)(F)F)sc2n1. The molecular weight excluding hydrogens is 424 g/mol. The number of aryl methyl sites for hydroxylation is 2. The van der Waals surface area contributed by atoms with Gasteiger partial charge in [-0.1, -0.05) is 0 Å². The fourth-order valence-corrected chi connectivity index (χ4v) is 3.91. The molecule has 0 bridgehead atoms. The second-order valence-electron chi connectivity index (χ2n) is 6.23. The Morgan fingerprint density at radius 2 is 1.83 bits per heavy atom. The molecule has 3 N–H and O–H groups in total. The van der Waals surface area contributed by atoms with Crippen LogP contribution in [0.15, 0.2) is 16.5 Å². The quantitative estimate of drug-likeness (QED) is 0.562.